The summed E-state index contributed by atoms with van der Waals surface area (Å²) in [5, 5.41) is 9.23. The Morgan fingerprint density at radius 2 is 1.85 bits per heavy atom. The van der Waals surface area contributed by atoms with Crippen molar-refractivity contribution in [2.75, 3.05) is 18.6 Å². The van der Waals surface area contributed by atoms with Crippen molar-refractivity contribution in [2.24, 2.45) is 0 Å². The fraction of sp³-hybridized carbons (Fsp3) is 0.263. The molecule has 1 heterocycles. The standard InChI is InChI=1S/C19H21N3O3S2/c1-14-6-4-7-16(12-14)22-15(2)20-21-19(22)26-11-10-25-17-8-5-9-18(13-17)27(3,23)24/h4-9,12-13H,10-11H2,1-3H3. The highest BCUT2D eigenvalue weighted by molar-refractivity contribution is 7.99. The number of aromatic nitrogens is 3. The van der Waals surface area contributed by atoms with E-state index in [-0.39, 0.29) is 4.90 Å². The molecule has 0 amide bonds. The molecule has 0 fully saturated rings. The summed E-state index contributed by atoms with van der Waals surface area (Å²) < 4.78 is 30.9. The first kappa shape index (κ1) is 19.4. The van der Waals surface area contributed by atoms with Crippen LogP contribution in [0, 0.1) is 13.8 Å². The number of benzene rings is 2. The topological polar surface area (TPSA) is 74.1 Å². The van der Waals surface area contributed by atoms with Gasteiger partial charge in [0.25, 0.3) is 0 Å². The Bertz CT molecular complexity index is 1050. The van der Waals surface area contributed by atoms with Crippen LogP contribution in [0.1, 0.15) is 11.4 Å². The number of nitrogens with zero attached hydrogens (tertiary/aromatic N) is 3. The number of thioether (sulfide) groups is 1. The lowest BCUT2D eigenvalue weighted by Gasteiger charge is -2.10. The van der Waals surface area contributed by atoms with Gasteiger partial charge in [-0.1, -0.05) is 30.0 Å². The van der Waals surface area contributed by atoms with Crippen molar-refractivity contribution in [1.29, 1.82) is 0 Å². The van der Waals surface area contributed by atoms with Crippen LogP contribution in [0.5, 0.6) is 5.75 Å². The Balaban J connectivity index is 1.64. The third-order valence-electron chi connectivity index (χ3n) is 3.87. The van der Waals surface area contributed by atoms with Gasteiger partial charge in [-0.3, -0.25) is 4.57 Å². The van der Waals surface area contributed by atoms with Crippen LogP contribution in [-0.4, -0.2) is 41.8 Å². The van der Waals surface area contributed by atoms with Gasteiger partial charge in [-0.15, -0.1) is 10.2 Å². The highest BCUT2D eigenvalue weighted by atomic mass is 32.2. The molecule has 0 aliphatic rings. The van der Waals surface area contributed by atoms with Crippen molar-refractivity contribution in [3.63, 3.8) is 0 Å². The summed E-state index contributed by atoms with van der Waals surface area (Å²) in [5.74, 6) is 2.02. The van der Waals surface area contributed by atoms with Gasteiger partial charge in [-0.25, -0.2) is 8.42 Å². The fourth-order valence-corrected chi connectivity index (χ4v) is 4.06. The van der Waals surface area contributed by atoms with Crippen LogP contribution < -0.4 is 4.74 Å². The average molecular weight is 404 g/mol. The van der Waals surface area contributed by atoms with Crippen LogP contribution in [0.4, 0.5) is 0 Å². The molecule has 0 atom stereocenters. The molecule has 0 unspecified atom stereocenters. The quantitative estimate of drug-likeness (QED) is 0.444. The molecule has 0 N–H and O–H groups in total. The largest absolute Gasteiger partial charge is 0.493 e. The molecule has 0 aliphatic carbocycles. The minimum atomic E-state index is -3.24. The van der Waals surface area contributed by atoms with Crippen molar-refractivity contribution < 1.29 is 13.2 Å². The Morgan fingerprint density at radius 3 is 2.59 bits per heavy atom. The zero-order valence-corrected chi connectivity index (χ0v) is 17.0. The summed E-state index contributed by atoms with van der Waals surface area (Å²) in [6.45, 7) is 4.40. The van der Waals surface area contributed by atoms with Gasteiger partial charge in [0.05, 0.1) is 11.5 Å². The van der Waals surface area contributed by atoms with E-state index in [9.17, 15) is 8.42 Å². The zero-order chi connectivity index (χ0) is 19.4. The van der Waals surface area contributed by atoms with E-state index in [1.165, 1.54) is 11.8 Å². The van der Waals surface area contributed by atoms with Crippen molar-refractivity contribution in [3.8, 4) is 11.4 Å². The van der Waals surface area contributed by atoms with Crippen LogP contribution in [0.2, 0.25) is 0 Å². The number of hydrogen-bond acceptors (Lipinski definition) is 6. The van der Waals surface area contributed by atoms with E-state index in [4.69, 9.17) is 4.74 Å². The highest BCUT2D eigenvalue weighted by Crippen LogP contribution is 2.23. The molecule has 0 saturated carbocycles. The number of sulfone groups is 1. The second kappa shape index (κ2) is 8.14. The molecule has 8 heteroatoms. The molecule has 0 saturated heterocycles. The number of hydrogen-bond donors (Lipinski definition) is 0. The summed E-state index contributed by atoms with van der Waals surface area (Å²) >= 11 is 1.54. The van der Waals surface area contributed by atoms with Gasteiger partial charge in [0, 0.05) is 17.7 Å². The van der Waals surface area contributed by atoms with Crippen molar-refractivity contribution >= 4 is 21.6 Å². The summed E-state index contributed by atoms with van der Waals surface area (Å²) in [6, 6.07) is 14.7. The van der Waals surface area contributed by atoms with E-state index in [1.807, 2.05) is 23.6 Å². The minimum Gasteiger partial charge on any atom is -0.493 e. The first-order chi connectivity index (χ1) is 12.8. The summed E-state index contributed by atoms with van der Waals surface area (Å²) in [6.07, 6.45) is 1.18. The first-order valence-electron chi connectivity index (χ1n) is 8.39. The predicted octanol–water partition coefficient (Wildman–Crippen LogP) is 3.46. The fourth-order valence-electron chi connectivity index (χ4n) is 2.59. The van der Waals surface area contributed by atoms with Gasteiger partial charge in [0.1, 0.15) is 11.6 Å². The van der Waals surface area contributed by atoms with E-state index in [1.54, 1.807) is 36.0 Å². The first-order valence-corrected chi connectivity index (χ1v) is 11.3. The van der Waals surface area contributed by atoms with Gasteiger partial charge in [-0.2, -0.15) is 0 Å². The molecule has 3 rings (SSSR count). The molecule has 3 aromatic rings. The molecule has 6 nitrogen and oxygen atoms in total. The van der Waals surface area contributed by atoms with Crippen LogP contribution in [0.25, 0.3) is 5.69 Å². The summed E-state index contributed by atoms with van der Waals surface area (Å²) in [7, 11) is -3.24. The average Bonchev–Trinajstić information content (AvgIpc) is 2.99. The van der Waals surface area contributed by atoms with E-state index >= 15 is 0 Å². The molecular weight excluding hydrogens is 382 g/mol. The number of ether oxygens (including phenoxy) is 1. The monoisotopic (exact) mass is 403 g/mol. The third kappa shape index (κ3) is 4.90. The Kier molecular flexibility index (Phi) is 5.86. The van der Waals surface area contributed by atoms with Gasteiger partial charge in [0.15, 0.2) is 15.0 Å². The summed E-state index contributed by atoms with van der Waals surface area (Å²) in [4.78, 5) is 0.252. The SMILES string of the molecule is Cc1cccc(-n2c(C)nnc2SCCOc2cccc(S(C)(=O)=O)c2)c1. The second-order valence-corrected chi connectivity index (χ2v) is 9.23. The van der Waals surface area contributed by atoms with E-state index < -0.39 is 9.84 Å². The van der Waals surface area contributed by atoms with Crippen LogP contribution >= 0.6 is 11.8 Å². The maximum atomic E-state index is 11.6. The Morgan fingerprint density at radius 1 is 1.07 bits per heavy atom. The third-order valence-corrected chi connectivity index (χ3v) is 5.88. The maximum absolute atomic E-state index is 11.6. The Hall–Kier alpha value is -2.32. The van der Waals surface area contributed by atoms with Gasteiger partial charge < -0.3 is 4.74 Å². The Labute approximate surface area is 163 Å². The molecular formula is C19H21N3O3S2. The normalized spacial score (nSPS) is 11.5. The lowest BCUT2D eigenvalue weighted by molar-refractivity contribution is 0.343. The summed E-state index contributed by atoms with van der Waals surface area (Å²) in [5.41, 5.74) is 2.20. The van der Waals surface area contributed by atoms with Gasteiger partial charge in [0.2, 0.25) is 0 Å². The van der Waals surface area contributed by atoms with E-state index in [0.29, 0.717) is 18.1 Å². The number of rotatable bonds is 7. The van der Waals surface area contributed by atoms with E-state index in [2.05, 4.69) is 29.3 Å². The number of aryl methyl sites for hydroxylation is 2. The van der Waals surface area contributed by atoms with Gasteiger partial charge >= 0.3 is 0 Å². The van der Waals surface area contributed by atoms with Crippen LogP contribution in [0.15, 0.2) is 58.6 Å². The molecule has 1 aromatic heterocycles. The lowest BCUT2D eigenvalue weighted by Crippen LogP contribution is -2.04. The molecule has 0 spiro atoms. The zero-order valence-electron chi connectivity index (χ0n) is 15.4. The maximum Gasteiger partial charge on any atom is 0.195 e. The van der Waals surface area contributed by atoms with Crippen LogP contribution in [0.3, 0.4) is 0 Å². The molecule has 27 heavy (non-hydrogen) atoms. The van der Waals surface area contributed by atoms with Crippen molar-refractivity contribution in [1.82, 2.24) is 14.8 Å². The predicted molar refractivity (Wildman–Crippen MR) is 107 cm³/mol. The molecule has 0 aliphatic heterocycles. The van der Waals surface area contributed by atoms with Gasteiger partial charge in [-0.05, 0) is 49.7 Å². The lowest BCUT2D eigenvalue weighted by atomic mass is 10.2. The molecule has 142 valence electrons. The van der Waals surface area contributed by atoms with E-state index in [0.717, 1.165) is 16.7 Å². The van der Waals surface area contributed by atoms with Crippen LogP contribution in [-0.2, 0) is 9.84 Å². The smallest absolute Gasteiger partial charge is 0.195 e. The second-order valence-electron chi connectivity index (χ2n) is 6.15. The molecule has 2 aromatic carbocycles. The minimum absolute atomic E-state index is 0.252. The van der Waals surface area contributed by atoms with Crippen molar-refractivity contribution in [2.45, 2.75) is 23.9 Å². The molecule has 0 bridgehead atoms. The highest BCUT2D eigenvalue weighted by Gasteiger charge is 2.12. The molecule has 0 radical (unpaired) electrons. The van der Waals surface area contributed by atoms with Crippen molar-refractivity contribution in [3.05, 3.63) is 59.9 Å².